The molecule has 0 saturated heterocycles. The average molecular weight is 391 g/mol. The van der Waals surface area contributed by atoms with Crippen LogP contribution in [0.2, 0.25) is 0 Å². The minimum Gasteiger partial charge on any atom is -0.353 e. The minimum atomic E-state index is -0.0574. The number of thioether (sulfide) groups is 1. The van der Waals surface area contributed by atoms with E-state index >= 15 is 0 Å². The van der Waals surface area contributed by atoms with Crippen LogP contribution in [0.25, 0.3) is 11.0 Å². The van der Waals surface area contributed by atoms with Crippen LogP contribution in [0, 0.1) is 6.92 Å². The predicted octanol–water partition coefficient (Wildman–Crippen LogP) is 3.89. The molecule has 0 radical (unpaired) electrons. The van der Waals surface area contributed by atoms with E-state index in [0.717, 1.165) is 25.0 Å². The Morgan fingerprint density at radius 3 is 2.78 bits per heavy atom. The second-order valence-corrected chi connectivity index (χ2v) is 8.57. The number of aromatic nitrogens is 3. The lowest BCUT2D eigenvalue weighted by molar-refractivity contribution is -0.129. The molecule has 1 saturated carbocycles. The Morgan fingerprint density at radius 2 is 2.11 bits per heavy atom. The highest BCUT2D eigenvalue weighted by Crippen LogP contribution is 2.25. The molecule has 0 bridgehead atoms. The minimum absolute atomic E-state index is 0.0340. The van der Waals surface area contributed by atoms with Gasteiger partial charge in [-0.1, -0.05) is 37.9 Å². The standard InChI is InChI=1S/C20H30N4O2S/c1-5-14(3)24-19(26)18-16(11-13(2)21-18)22-20(24)27-12-17(25)23(4)15-9-7-6-8-10-15/h11,14-15,21H,5-10,12H2,1-4H3/t14-/m1/s1. The summed E-state index contributed by atoms with van der Waals surface area (Å²) >= 11 is 1.38. The van der Waals surface area contributed by atoms with Crippen molar-refractivity contribution in [3.63, 3.8) is 0 Å². The van der Waals surface area contributed by atoms with Gasteiger partial charge < -0.3 is 9.88 Å². The van der Waals surface area contributed by atoms with Crippen LogP contribution in [0.4, 0.5) is 0 Å². The third-order valence-corrected chi connectivity index (χ3v) is 6.60. The van der Waals surface area contributed by atoms with E-state index in [-0.39, 0.29) is 17.5 Å². The van der Waals surface area contributed by atoms with Crippen molar-refractivity contribution in [3.8, 4) is 0 Å². The molecule has 1 fully saturated rings. The Kier molecular flexibility index (Phi) is 6.29. The number of rotatable bonds is 6. The first-order valence-corrected chi connectivity index (χ1v) is 10.9. The van der Waals surface area contributed by atoms with Crippen molar-refractivity contribution in [3.05, 3.63) is 22.1 Å². The number of H-pyrrole nitrogens is 1. The number of nitrogens with one attached hydrogen (secondary N) is 1. The lowest BCUT2D eigenvalue weighted by atomic mass is 9.94. The van der Waals surface area contributed by atoms with E-state index in [2.05, 4.69) is 11.9 Å². The molecule has 27 heavy (non-hydrogen) atoms. The van der Waals surface area contributed by atoms with Gasteiger partial charge in [-0.15, -0.1) is 0 Å². The summed E-state index contributed by atoms with van der Waals surface area (Å²) in [5, 5.41) is 0.631. The quantitative estimate of drug-likeness (QED) is 0.600. The summed E-state index contributed by atoms with van der Waals surface area (Å²) in [5.41, 5.74) is 2.08. The maximum atomic E-state index is 13.0. The van der Waals surface area contributed by atoms with Crippen molar-refractivity contribution >= 4 is 28.7 Å². The molecule has 1 amide bonds. The van der Waals surface area contributed by atoms with Crippen LogP contribution in [0.1, 0.15) is 64.1 Å². The number of aryl methyl sites for hydroxylation is 1. The first-order chi connectivity index (χ1) is 12.9. The van der Waals surface area contributed by atoms with Gasteiger partial charge in [-0.05, 0) is 39.2 Å². The van der Waals surface area contributed by atoms with Crippen LogP contribution >= 0.6 is 11.8 Å². The van der Waals surface area contributed by atoms with Gasteiger partial charge in [0, 0.05) is 24.8 Å². The van der Waals surface area contributed by atoms with Crippen LogP contribution in [0.15, 0.2) is 16.0 Å². The topological polar surface area (TPSA) is 71.0 Å². The van der Waals surface area contributed by atoms with Crippen LogP contribution in [-0.2, 0) is 4.79 Å². The molecule has 2 aromatic heterocycles. The lowest BCUT2D eigenvalue weighted by Gasteiger charge is -2.31. The van der Waals surface area contributed by atoms with Gasteiger partial charge in [-0.2, -0.15) is 0 Å². The zero-order valence-corrected chi connectivity index (χ0v) is 17.6. The Balaban J connectivity index is 1.82. The molecule has 7 heteroatoms. The number of hydrogen-bond donors (Lipinski definition) is 1. The number of hydrogen-bond acceptors (Lipinski definition) is 4. The molecule has 6 nitrogen and oxygen atoms in total. The monoisotopic (exact) mass is 390 g/mol. The molecule has 0 spiro atoms. The number of aromatic amines is 1. The molecular formula is C20H30N4O2S. The van der Waals surface area contributed by atoms with E-state index in [4.69, 9.17) is 4.98 Å². The summed E-state index contributed by atoms with van der Waals surface area (Å²) < 4.78 is 1.73. The molecule has 0 aromatic carbocycles. The molecule has 1 atom stereocenters. The fourth-order valence-corrected chi connectivity index (χ4v) is 4.78. The lowest BCUT2D eigenvalue weighted by Crippen LogP contribution is -2.39. The second-order valence-electron chi connectivity index (χ2n) is 7.62. The molecular weight excluding hydrogens is 360 g/mol. The predicted molar refractivity (Wildman–Crippen MR) is 110 cm³/mol. The van der Waals surface area contributed by atoms with Gasteiger partial charge >= 0.3 is 0 Å². The van der Waals surface area contributed by atoms with Gasteiger partial charge in [0.25, 0.3) is 5.56 Å². The van der Waals surface area contributed by atoms with Crippen molar-refractivity contribution in [1.82, 2.24) is 19.4 Å². The highest BCUT2D eigenvalue weighted by atomic mass is 32.2. The number of nitrogens with zero attached hydrogens (tertiary/aromatic N) is 3. The van der Waals surface area contributed by atoms with Crippen molar-refractivity contribution < 1.29 is 4.79 Å². The van der Waals surface area contributed by atoms with Gasteiger partial charge in [0.05, 0.1) is 11.3 Å². The van der Waals surface area contributed by atoms with Crippen LogP contribution < -0.4 is 5.56 Å². The second kappa shape index (κ2) is 8.50. The first-order valence-electron chi connectivity index (χ1n) is 9.92. The van der Waals surface area contributed by atoms with Crippen molar-refractivity contribution in [1.29, 1.82) is 0 Å². The summed E-state index contributed by atoms with van der Waals surface area (Å²) in [5.74, 6) is 0.423. The van der Waals surface area contributed by atoms with Gasteiger partial charge in [-0.25, -0.2) is 4.98 Å². The number of fused-ring (bicyclic) bond motifs is 1. The largest absolute Gasteiger partial charge is 0.353 e. The smallest absolute Gasteiger partial charge is 0.278 e. The van der Waals surface area contributed by atoms with Gasteiger partial charge in [0.15, 0.2) is 5.16 Å². The Morgan fingerprint density at radius 1 is 1.41 bits per heavy atom. The van der Waals surface area contributed by atoms with E-state index in [9.17, 15) is 9.59 Å². The Hall–Kier alpha value is -1.76. The molecule has 0 aliphatic heterocycles. The van der Waals surface area contributed by atoms with E-state index in [1.165, 1.54) is 31.0 Å². The third kappa shape index (κ3) is 4.23. The molecule has 148 valence electrons. The van der Waals surface area contributed by atoms with Crippen LogP contribution in [0.3, 0.4) is 0 Å². The fourth-order valence-electron chi connectivity index (χ4n) is 3.76. The average Bonchev–Trinajstić information content (AvgIpc) is 3.06. The zero-order chi connectivity index (χ0) is 19.6. The highest BCUT2D eigenvalue weighted by Gasteiger charge is 2.23. The van der Waals surface area contributed by atoms with E-state index in [1.807, 2.05) is 31.9 Å². The Labute approximate surface area is 164 Å². The maximum absolute atomic E-state index is 13.0. The molecule has 0 unspecified atom stereocenters. The molecule has 3 rings (SSSR count). The van der Waals surface area contributed by atoms with Gasteiger partial charge in [0.2, 0.25) is 5.91 Å². The SMILES string of the molecule is CC[C@@H](C)n1c(SCC(=O)N(C)C2CCCCC2)nc2cc(C)[nH]c2c1=O. The van der Waals surface area contributed by atoms with E-state index < -0.39 is 0 Å². The van der Waals surface area contributed by atoms with Crippen LogP contribution in [-0.4, -0.2) is 44.2 Å². The summed E-state index contributed by atoms with van der Waals surface area (Å²) in [6, 6.07) is 2.27. The summed E-state index contributed by atoms with van der Waals surface area (Å²) in [6.07, 6.45) is 6.70. The van der Waals surface area contributed by atoms with E-state index in [1.54, 1.807) is 4.57 Å². The summed E-state index contributed by atoms with van der Waals surface area (Å²) in [6.45, 7) is 5.99. The number of carbonyl (C=O) groups excluding carboxylic acids is 1. The first kappa shape index (κ1) is 20.0. The number of amides is 1. The molecule has 1 aliphatic carbocycles. The molecule has 1 N–H and O–H groups in total. The molecule has 2 heterocycles. The molecule has 2 aromatic rings. The highest BCUT2D eigenvalue weighted by molar-refractivity contribution is 7.99. The van der Waals surface area contributed by atoms with E-state index in [0.29, 0.717) is 28.0 Å². The zero-order valence-electron chi connectivity index (χ0n) is 16.7. The Bertz CT molecular complexity index is 867. The number of carbonyl (C=O) groups is 1. The van der Waals surface area contributed by atoms with Crippen molar-refractivity contribution in [2.24, 2.45) is 0 Å². The van der Waals surface area contributed by atoms with Gasteiger partial charge in [-0.3, -0.25) is 14.2 Å². The maximum Gasteiger partial charge on any atom is 0.278 e. The molecule has 1 aliphatic rings. The summed E-state index contributed by atoms with van der Waals surface area (Å²) in [4.78, 5) is 35.4. The van der Waals surface area contributed by atoms with Crippen LogP contribution in [0.5, 0.6) is 0 Å². The normalized spacial score (nSPS) is 16.6. The van der Waals surface area contributed by atoms with Crippen molar-refractivity contribution in [2.75, 3.05) is 12.8 Å². The summed E-state index contributed by atoms with van der Waals surface area (Å²) in [7, 11) is 1.91. The van der Waals surface area contributed by atoms with Gasteiger partial charge in [0.1, 0.15) is 5.52 Å². The fraction of sp³-hybridized carbons (Fsp3) is 0.650. The van der Waals surface area contributed by atoms with Crippen molar-refractivity contribution in [2.45, 2.75) is 76.5 Å². The third-order valence-electron chi connectivity index (χ3n) is 5.66.